The fourth-order valence-corrected chi connectivity index (χ4v) is 1.30. The zero-order valence-corrected chi connectivity index (χ0v) is 7.65. The minimum atomic E-state index is -0.645. The maximum atomic E-state index is 11.1. The van der Waals surface area contributed by atoms with Gasteiger partial charge in [0.05, 0.1) is 0 Å². The quantitative estimate of drug-likeness (QED) is 0.654. The molecule has 13 heavy (non-hydrogen) atoms. The molecule has 0 unspecified atom stereocenters. The monoisotopic (exact) mass is 177 g/mol. The van der Waals surface area contributed by atoms with Crippen molar-refractivity contribution in [2.75, 3.05) is 0 Å². The molecule has 68 valence electrons. The third-order valence-corrected chi connectivity index (χ3v) is 1.83. The molecular weight excluding hydrogens is 166 g/mol. The second kappa shape index (κ2) is 3.94. The van der Waals surface area contributed by atoms with Crippen molar-refractivity contribution in [1.29, 1.82) is 0 Å². The summed E-state index contributed by atoms with van der Waals surface area (Å²) in [5, 5.41) is 0. The molecule has 0 amide bonds. The van der Waals surface area contributed by atoms with Crippen molar-refractivity contribution in [3.05, 3.63) is 30.1 Å². The van der Waals surface area contributed by atoms with E-state index in [2.05, 4.69) is 4.98 Å². The van der Waals surface area contributed by atoms with Crippen molar-refractivity contribution in [3.63, 3.8) is 0 Å². The van der Waals surface area contributed by atoms with Gasteiger partial charge in [-0.25, -0.2) is 0 Å². The molecule has 0 aromatic carbocycles. The Morgan fingerprint density at radius 2 is 1.92 bits per heavy atom. The van der Waals surface area contributed by atoms with E-state index in [1.807, 2.05) is 0 Å². The van der Waals surface area contributed by atoms with Gasteiger partial charge in [-0.05, 0) is 25.5 Å². The summed E-state index contributed by atoms with van der Waals surface area (Å²) in [6, 6.07) is 3.45. The molecule has 3 heteroatoms. The summed E-state index contributed by atoms with van der Waals surface area (Å²) in [4.78, 5) is 26.1. The van der Waals surface area contributed by atoms with Gasteiger partial charge < -0.3 is 0 Å². The van der Waals surface area contributed by atoms with E-state index in [9.17, 15) is 9.59 Å². The van der Waals surface area contributed by atoms with Gasteiger partial charge in [0.25, 0.3) is 0 Å². The Hall–Kier alpha value is -1.51. The van der Waals surface area contributed by atoms with Crippen LogP contribution in [0.2, 0.25) is 0 Å². The predicted octanol–water partition coefficient (Wildman–Crippen LogP) is 1.34. The molecule has 0 bridgehead atoms. The van der Waals surface area contributed by atoms with Gasteiger partial charge in [0.15, 0.2) is 0 Å². The Kier molecular flexibility index (Phi) is 2.90. The SMILES string of the molecule is CC(=O)C(C(C)=O)c1cccnc1. The van der Waals surface area contributed by atoms with Gasteiger partial charge >= 0.3 is 0 Å². The summed E-state index contributed by atoms with van der Waals surface area (Å²) in [5.74, 6) is -0.922. The zero-order valence-electron chi connectivity index (χ0n) is 7.65. The summed E-state index contributed by atoms with van der Waals surface area (Å²) in [7, 11) is 0. The molecule has 3 nitrogen and oxygen atoms in total. The highest BCUT2D eigenvalue weighted by molar-refractivity contribution is 6.05. The molecule has 1 aromatic heterocycles. The van der Waals surface area contributed by atoms with E-state index in [-0.39, 0.29) is 11.6 Å². The number of nitrogens with zero attached hydrogens (tertiary/aromatic N) is 1. The number of hydrogen-bond acceptors (Lipinski definition) is 3. The molecule has 1 rings (SSSR count). The van der Waals surface area contributed by atoms with E-state index in [1.165, 1.54) is 13.8 Å². The maximum Gasteiger partial charge on any atom is 0.144 e. The van der Waals surface area contributed by atoms with E-state index in [1.54, 1.807) is 24.5 Å². The molecule has 1 heterocycles. The lowest BCUT2D eigenvalue weighted by Crippen LogP contribution is -2.17. The van der Waals surface area contributed by atoms with Gasteiger partial charge in [-0.2, -0.15) is 0 Å². The highest BCUT2D eigenvalue weighted by atomic mass is 16.1. The van der Waals surface area contributed by atoms with Crippen LogP contribution in [-0.2, 0) is 9.59 Å². The van der Waals surface area contributed by atoms with Crippen LogP contribution in [-0.4, -0.2) is 16.6 Å². The highest BCUT2D eigenvalue weighted by Crippen LogP contribution is 2.16. The Morgan fingerprint density at radius 1 is 1.31 bits per heavy atom. The molecule has 0 aliphatic heterocycles. The van der Waals surface area contributed by atoms with Crippen molar-refractivity contribution >= 4 is 11.6 Å². The first-order valence-corrected chi connectivity index (χ1v) is 4.03. The summed E-state index contributed by atoms with van der Waals surface area (Å²) in [6.07, 6.45) is 3.16. The smallest absolute Gasteiger partial charge is 0.144 e. The zero-order chi connectivity index (χ0) is 9.84. The van der Waals surface area contributed by atoms with E-state index < -0.39 is 5.92 Å². The van der Waals surface area contributed by atoms with Crippen LogP contribution in [0.4, 0.5) is 0 Å². The van der Waals surface area contributed by atoms with Crippen molar-refractivity contribution in [2.45, 2.75) is 19.8 Å². The number of carbonyl (C=O) groups excluding carboxylic acids is 2. The summed E-state index contributed by atoms with van der Waals surface area (Å²) in [6.45, 7) is 2.83. The van der Waals surface area contributed by atoms with Gasteiger partial charge in [-0.1, -0.05) is 6.07 Å². The summed E-state index contributed by atoms with van der Waals surface area (Å²) < 4.78 is 0. The van der Waals surface area contributed by atoms with Gasteiger partial charge in [-0.15, -0.1) is 0 Å². The van der Waals surface area contributed by atoms with Crippen LogP contribution in [0.3, 0.4) is 0 Å². The number of pyridine rings is 1. The Balaban J connectivity index is 3.03. The molecule has 0 aliphatic rings. The van der Waals surface area contributed by atoms with Crippen LogP contribution in [0, 0.1) is 0 Å². The molecule has 0 atom stereocenters. The van der Waals surface area contributed by atoms with Gasteiger partial charge in [0, 0.05) is 12.4 Å². The number of ketones is 2. The number of hydrogen-bond donors (Lipinski definition) is 0. The predicted molar refractivity (Wildman–Crippen MR) is 48.3 cm³/mol. The second-order valence-corrected chi connectivity index (χ2v) is 2.94. The topological polar surface area (TPSA) is 47.0 Å². The average molecular weight is 177 g/mol. The summed E-state index contributed by atoms with van der Waals surface area (Å²) in [5.41, 5.74) is 0.669. The number of carbonyl (C=O) groups is 2. The maximum absolute atomic E-state index is 11.1. The first-order valence-electron chi connectivity index (χ1n) is 4.03. The second-order valence-electron chi connectivity index (χ2n) is 2.94. The van der Waals surface area contributed by atoms with E-state index >= 15 is 0 Å². The third kappa shape index (κ3) is 2.21. The van der Waals surface area contributed by atoms with Crippen LogP contribution in [0.15, 0.2) is 24.5 Å². The Labute approximate surface area is 76.8 Å². The van der Waals surface area contributed by atoms with Crippen molar-refractivity contribution in [2.24, 2.45) is 0 Å². The fourth-order valence-electron chi connectivity index (χ4n) is 1.30. The molecule has 0 fully saturated rings. The number of aromatic nitrogens is 1. The van der Waals surface area contributed by atoms with Crippen molar-refractivity contribution in [1.82, 2.24) is 4.98 Å². The van der Waals surface area contributed by atoms with Crippen molar-refractivity contribution in [3.8, 4) is 0 Å². The molecular formula is C10H11NO2. The first kappa shape index (κ1) is 9.58. The van der Waals surface area contributed by atoms with E-state index in [0.717, 1.165) is 0 Å². The lowest BCUT2D eigenvalue weighted by molar-refractivity contribution is -0.126. The molecule has 0 radical (unpaired) electrons. The minimum Gasteiger partial charge on any atom is -0.299 e. The van der Waals surface area contributed by atoms with Crippen LogP contribution < -0.4 is 0 Å². The molecule has 1 aromatic rings. The minimum absolute atomic E-state index is 0.138. The molecule has 0 saturated carbocycles. The van der Waals surface area contributed by atoms with Gasteiger partial charge in [0.1, 0.15) is 17.5 Å². The fraction of sp³-hybridized carbons (Fsp3) is 0.300. The Bertz CT molecular complexity index is 305. The van der Waals surface area contributed by atoms with Crippen molar-refractivity contribution < 1.29 is 9.59 Å². The lowest BCUT2D eigenvalue weighted by atomic mass is 9.93. The van der Waals surface area contributed by atoms with Crippen LogP contribution in [0.25, 0.3) is 0 Å². The standard InChI is InChI=1S/C10H11NO2/c1-7(12)10(8(2)13)9-4-3-5-11-6-9/h3-6,10H,1-2H3. The molecule has 0 saturated heterocycles. The normalized spacial score (nSPS) is 10.1. The van der Waals surface area contributed by atoms with Gasteiger partial charge in [-0.3, -0.25) is 14.6 Å². The van der Waals surface area contributed by atoms with E-state index in [4.69, 9.17) is 0 Å². The molecule has 0 aliphatic carbocycles. The van der Waals surface area contributed by atoms with Gasteiger partial charge in [0.2, 0.25) is 0 Å². The lowest BCUT2D eigenvalue weighted by Gasteiger charge is -2.08. The average Bonchev–Trinajstić information content (AvgIpc) is 2.04. The van der Waals surface area contributed by atoms with E-state index in [0.29, 0.717) is 5.56 Å². The highest BCUT2D eigenvalue weighted by Gasteiger charge is 2.21. The van der Waals surface area contributed by atoms with Crippen LogP contribution in [0.5, 0.6) is 0 Å². The molecule has 0 N–H and O–H groups in total. The summed E-state index contributed by atoms with van der Waals surface area (Å²) >= 11 is 0. The number of rotatable bonds is 3. The Morgan fingerprint density at radius 3 is 2.31 bits per heavy atom. The van der Waals surface area contributed by atoms with Crippen LogP contribution >= 0.6 is 0 Å². The molecule has 0 spiro atoms. The number of Topliss-reactive ketones (excluding diaryl/α,β-unsaturated/α-hetero) is 2. The third-order valence-electron chi connectivity index (χ3n) is 1.83. The first-order chi connectivity index (χ1) is 6.13. The largest absolute Gasteiger partial charge is 0.299 e. The van der Waals surface area contributed by atoms with Crippen LogP contribution in [0.1, 0.15) is 25.3 Å².